The molecular formula is C13H19N5. The molecule has 5 nitrogen and oxygen atoms in total. The summed E-state index contributed by atoms with van der Waals surface area (Å²) in [6.07, 6.45) is 1.79. The largest absolute Gasteiger partial charge is 0.399 e. The molecule has 2 rings (SSSR count). The molecule has 0 atom stereocenters. The summed E-state index contributed by atoms with van der Waals surface area (Å²) in [4.78, 5) is 2.26. The van der Waals surface area contributed by atoms with Crippen molar-refractivity contribution in [2.75, 3.05) is 10.6 Å². The lowest BCUT2D eigenvalue weighted by Gasteiger charge is -2.28. The van der Waals surface area contributed by atoms with Crippen molar-refractivity contribution in [3.63, 3.8) is 0 Å². The first-order valence-corrected chi connectivity index (χ1v) is 6.03. The highest BCUT2D eigenvalue weighted by Crippen LogP contribution is 2.18. The average Bonchev–Trinajstić information content (AvgIpc) is 2.74. The van der Waals surface area contributed by atoms with E-state index in [-0.39, 0.29) is 0 Å². The second kappa shape index (κ2) is 5.08. The van der Waals surface area contributed by atoms with Crippen LogP contribution in [0.2, 0.25) is 0 Å². The van der Waals surface area contributed by atoms with E-state index in [2.05, 4.69) is 41.2 Å². The molecule has 0 aliphatic heterocycles. The molecule has 0 spiro atoms. The molecule has 0 aliphatic rings. The number of rotatable bonds is 4. The first-order chi connectivity index (χ1) is 8.58. The smallest absolute Gasteiger partial charge is 0.147 e. The molecule has 0 saturated heterocycles. The number of nitrogens with two attached hydrogens (primary N) is 1. The molecule has 0 bridgehead atoms. The molecule has 2 N–H and O–H groups in total. The number of nitrogen functional groups attached to an aromatic ring is 1. The van der Waals surface area contributed by atoms with Gasteiger partial charge in [0, 0.05) is 25.3 Å². The summed E-state index contributed by atoms with van der Waals surface area (Å²) in [5, 5.41) is 7.91. The van der Waals surface area contributed by atoms with Crippen molar-refractivity contribution in [2.45, 2.75) is 26.4 Å². The molecule has 0 unspecified atom stereocenters. The minimum atomic E-state index is 0.375. The monoisotopic (exact) mass is 245 g/mol. The zero-order valence-electron chi connectivity index (χ0n) is 11.0. The fourth-order valence-electron chi connectivity index (χ4n) is 1.89. The molecule has 18 heavy (non-hydrogen) atoms. The molecule has 5 heteroatoms. The van der Waals surface area contributed by atoms with Crippen molar-refractivity contribution < 1.29 is 0 Å². The first-order valence-electron chi connectivity index (χ1n) is 6.03. The third-order valence-electron chi connectivity index (χ3n) is 2.94. The third-order valence-corrected chi connectivity index (χ3v) is 2.94. The van der Waals surface area contributed by atoms with Gasteiger partial charge in [0.25, 0.3) is 0 Å². The number of nitrogens with zero attached hydrogens (tertiary/aromatic N) is 4. The van der Waals surface area contributed by atoms with Gasteiger partial charge >= 0.3 is 0 Å². The van der Waals surface area contributed by atoms with Crippen molar-refractivity contribution in [1.82, 2.24) is 15.0 Å². The lowest BCUT2D eigenvalue weighted by Crippen LogP contribution is -2.31. The van der Waals surface area contributed by atoms with E-state index in [4.69, 9.17) is 5.73 Å². The maximum Gasteiger partial charge on any atom is 0.147 e. The zero-order valence-corrected chi connectivity index (χ0v) is 11.0. The van der Waals surface area contributed by atoms with Crippen molar-refractivity contribution >= 4 is 11.5 Å². The Balaban J connectivity index is 2.22. The van der Waals surface area contributed by atoms with E-state index in [0.717, 1.165) is 18.1 Å². The van der Waals surface area contributed by atoms with Gasteiger partial charge in [0.2, 0.25) is 0 Å². The van der Waals surface area contributed by atoms with Crippen LogP contribution in [0.25, 0.3) is 0 Å². The van der Waals surface area contributed by atoms with Crippen LogP contribution in [-0.4, -0.2) is 21.0 Å². The summed E-state index contributed by atoms with van der Waals surface area (Å²) in [5.41, 5.74) is 7.71. The Kier molecular flexibility index (Phi) is 3.50. The van der Waals surface area contributed by atoms with Crippen molar-refractivity contribution in [3.8, 4) is 0 Å². The van der Waals surface area contributed by atoms with Crippen molar-refractivity contribution in [2.24, 2.45) is 7.05 Å². The average molecular weight is 245 g/mol. The van der Waals surface area contributed by atoms with Crippen LogP contribution in [0, 0.1) is 0 Å². The number of hydrogen-bond acceptors (Lipinski definition) is 4. The molecule has 1 aromatic heterocycles. The van der Waals surface area contributed by atoms with Gasteiger partial charge in [-0.25, -0.2) is 4.68 Å². The third kappa shape index (κ3) is 2.61. The highest BCUT2D eigenvalue weighted by molar-refractivity contribution is 5.42. The molecule has 0 amide bonds. The predicted octanol–water partition coefficient (Wildman–Crippen LogP) is 1.81. The molecule has 1 heterocycles. The normalized spacial score (nSPS) is 10.9. The van der Waals surface area contributed by atoms with Crippen LogP contribution in [-0.2, 0) is 13.6 Å². The molecule has 0 radical (unpaired) electrons. The van der Waals surface area contributed by atoms with Crippen LogP contribution < -0.4 is 10.6 Å². The molecule has 0 aliphatic carbocycles. The highest BCUT2D eigenvalue weighted by Gasteiger charge is 2.14. The number of anilines is 2. The van der Waals surface area contributed by atoms with Crippen molar-refractivity contribution in [3.05, 3.63) is 36.0 Å². The Morgan fingerprint density at radius 3 is 2.44 bits per heavy atom. The summed E-state index contributed by atoms with van der Waals surface area (Å²) in [5.74, 6) is 1.02. The standard InChI is InChI=1S/C13H19N5/c1-10(2)18(13-8-15-16-17(13)3)9-11-4-6-12(14)7-5-11/h4-8,10H,9,14H2,1-3H3. The van der Waals surface area contributed by atoms with Gasteiger partial charge in [-0.1, -0.05) is 17.3 Å². The van der Waals surface area contributed by atoms with Crippen LogP contribution in [0.4, 0.5) is 11.5 Å². The summed E-state index contributed by atoms with van der Waals surface area (Å²) < 4.78 is 1.79. The topological polar surface area (TPSA) is 60.0 Å². The lowest BCUT2D eigenvalue weighted by molar-refractivity contribution is 0.628. The van der Waals surface area contributed by atoms with Crippen molar-refractivity contribution in [1.29, 1.82) is 0 Å². The van der Waals surface area contributed by atoms with Gasteiger partial charge in [-0.3, -0.25) is 0 Å². The second-order valence-electron chi connectivity index (χ2n) is 4.68. The SMILES string of the molecule is CC(C)N(Cc1ccc(N)cc1)c1cnnn1C. The van der Waals surface area contributed by atoms with Gasteiger partial charge in [-0.05, 0) is 31.5 Å². The zero-order chi connectivity index (χ0) is 13.1. The summed E-state index contributed by atoms with van der Waals surface area (Å²) in [7, 11) is 1.90. The maximum absolute atomic E-state index is 5.70. The molecular weight excluding hydrogens is 226 g/mol. The molecule has 96 valence electrons. The summed E-state index contributed by atoms with van der Waals surface area (Å²) in [6, 6.07) is 8.33. The molecule has 0 saturated carbocycles. The van der Waals surface area contributed by atoms with E-state index in [1.807, 2.05) is 19.2 Å². The lowest BCUT2D eigenvalue weighted by atomic mass is 10.1. The van der Waals surface area contributed by atoms with Crippen LogP contribution in [0.1, 0.15) is 19.4 Å². The minimum Gasteiger partial charge on any atom is -0.399 e. The highest BCUT2D eigenvalue weighted by atomic mass is 15.5. The van der Waals surface area contributed by atoms with Gasteiger partial charge in [-0.2, -0.15) is 0 Å². The van der Waals surface area contributed by atoms with E-state index >= 15 is 0 Å². The summed E-state index contributed by atoms with van der Waals surface area (Å²) in [6.45, 7) is 5.13. The van der Waals surface area contributed by atoms with Gasteiger partial charge in [0.15, 0.2) is 0 Å². The Morgan fingerprint density at radius 1 is 1.28 bits per heavy atom. The molecule has 1 aromatic carbocycles. The first kappa shape index (κ1) is 12.4. The van der Waals surface area contributed by atoms with Crippen LogP contribution in [0.3, 0.4) is 0 Å². The van der Waals surface area contributed by atoms with E-state index in [1.54, 1.807) is 10.9 Å². The van der Waals surface area contributed by atoms with Crippen LogP contribution in [0.15, 0.2) is 30.5 Å². The van der Waals surface area contributed by atoms with Gasteiger partial charge in [0.05, 0.1) is 6.20 Å². The number of hydrogen-bond donors (Lipinski definition) is 1. The number of aromatic nitrogens is 3. The van der Waals surface area contributed by atoms with Crippen LogP contribution >= 0.6 is 0 Å². The van der Waals surface area contributed by atoms with E-state index < -0.39 is 0 Å². The van der Waals surface area contributed by atoms with Crippen LogP contribution in [0.5, 0.6) is 0 Å². The summed E-state index contributed by atoms with van der Waals surface area (Å²) >= 11 is 0. The molecule has 0 fully saturated rings. The fourth-order valence-corrected chi connectivity index (χ4v) is 1.89. The Hall–Kier alpha value is -2.04. The second-order valence-corrected chi connectivity index (χ2v) is 4.68. The predicted molar refractivity (Wildman–Crippen MR) is 73.2 cm³/mol. The maximum atomic E-state index is 5.70. The van der Waals surface area contributed by atoms with E-state index in [0.29, 0.717) is 6.04 Å². The number of benzene rings is 1. The quantitative estimate of drug-likeness (QED) is 0.835. The fraction of sp³-hybridized carbons (Fsp3) is 0.385. The number of aryl methyl sites for hydroxylation is 1. The van der Waals surface area contributed by atoms with Gasteiger partial charge in [-0.15, -0.1) is 5.10 Å². The van der Waals surface area contributed by atoms with E-state index in [9.17, 15) is 0 Å². The van der Waals surface area contributed by atoms with E-state index in [1.165, 1.54) is 5.56 Å². The van der Waals surface area contributed by atoms with Gasteiger partial charge < -0.3 is 10.6 Å². The minimum absolute atomic E-state index is 0.375. The Bertz CT molecular complexity index is 500. The Labute approximate surface area is 107 Å². The van der Waals surface area contributed by atoms with Gasteiger partial charge in [0.1, 0.15) is 5.82 Å². The molecule has 2 aromatic rings. The Morgan fingerprint density at radius 2 is 1.94 bits per heavy atom.